The van der Waals surface area contributed by atoms with E-state index in [0.717, 1.165) is 31.1 Å². The van der Waals surface area contributed by atoms with Gasteiger partial charge in [-0.1, -0.05) is 6.07 Å². The molecule has 2 heterocycles. The van der Waals surface area contributed by atoms with E-state index in [9.17, 15) is 4.79 Å². The van der Waals surface area contributed by atoms with Crippen LogP contribution in [0.15, 0.2) is 24.4 Å². The van der Waals surface area contributed by atoms with E-state index in [1.165, 1.54) is 0 Å². The van der Waals surface area contributed by atoms with Gasteiger partial charge in [-0.05, 0) is 19.1 Å². The Kier molecular flexibility index (Phi) is 10.0. The van der Waals surface area contributed by atoms with Gasteiger partial charge in [0.1, 0.15) is 0 Å². The van der Waals surface area contributed by atoms with Gasteiger partial charge in [0, 0.05) is 37.6 Å². The number of halogens is 2. The molecule has 1 fully saturated rings. The van der Waals surface area contributed by atoms with E-state index < -0.39 is 0 Å². The number of rotatable bonds is 4. The maximum absolute atomic E-state index is 12.0. The van der Waals surface area contributed by atoms with Crippen LogP contribution in [-0.4, -0.2) is 47.2 Å². The molecule has 1 aromatic heterocycles. The summed E-state index contributed by atoms with van der Waals surface area (Å²) in [6.07, 6.45) is 1.79. The fraction of sp³-hybridized carbons (Fsp3) is 0.538. The number of nitrogens with one attached hydrogen (secondary N) is 1. The van der Waals surface area contributed by atoms with Gasteiger partial charge in [-0.25, -0.2) is 0 Å². The van der Waals surface area contributed by atoms with Crippen LogP contribution < -0.4 is 5.32 Å². The second-order valence-electron chi connectivity index (χ2n) is 4.51. The van der Waals surface area contributed by atoms with Gasteiger partial charge in [0.05, 0.1) is 11.4 Å². The van der Waals surface area contributed by atoms with Crippen molar-refractivity contribution >= 4 is 42.5 Å². The molecule has 114 valence electrons. The third kappa shape index (κ3) is 6.31. The lowest BCUT2D eigenvalue weighted by Gasteiger charge is -2.31. The number of carbonyl (C=O) groups excluding carboxylic acids is 1. The lowest BCUT2D eigenvalue weighted by atomic mass is 10.2. The average molecular weight is 338 g/mol. The molecular formula is C13H21Cl2N3OS. The van der Waals surface area contributed by atoms with Crippen molar-refractivity contribution in [2.75, 3.05) is 25.4 Å². The van der Waals surface area contributed by atoms with Crippen molar-refractivity contribution in [2.45, 2.75) is 18.7 Å². The van der Waals surface area contributed by atoms with E-state index in [-0.39, 0.29) is 30.7 Å². The first-order valence-electron chi connectivity index (χ1n) is 6.24. The van der Waals surface area contributed by atoms with Crippen molar-refractivity contribution in [3.8, 4) is 0 Å². The summed E-state index contributed by atoms with van der Waals surface area (Å²) in [5.74, 6) is 1.58. The van der Waals surface area contributed by atoms with Gasteiger partial charge in [-0.3, -0.25) is 9.78 Å². The van der Waals surface area contributed by atoms with Crippen LogP contribution in [0.25, 0.3) is 0 Å². The number of pyridine rings is 1. The highest BCUT2D eigenvalue weighted by Gasteiger charge is 2.19. The van der Waals surface area contributed by atoms with E-state index in [2.05, 4.69) is 17.2 Å². The minimum absolute atomic E-state index is 0. The summed E-state index contributed by atoms with van der Waals surface area (Å²) in [6, 6.07) is 6.28. The van der Waals surface area contributed by atoms with Gasteiger partial charge in [-0.2, -0.15) is 0 Å². The van der Waals surface area contributed by atoms with Crippen molar-refractivity contribution in [1.82, 2.24) is 15.2 Å². The number of hydrogen-bond donors (Lipinski definition) is 1. The zero-order valence-corrected chi connectivity index (χ0v) is 13.9. The summed E-state index contributed by atoms with van der Waals surface area (Å²) in [5.41, 5.74) is 1.03. The largest absolute Gasteiger partial charge is 0.339 e. The number of thioether (sulfide) groups is 1. The fourth-order valence-corrected chi connectivity index (χ4v) is 2.82. The maximum atomic E-state index is 12.0. The maximum Gasteiger partial charge on any atom is 0.232 e. The summed E-state index contributed by atoms with van der Waals surface area (Å²) in [5, 5.41) is 3.34. The van der Waals surface area contributed by atoms with Crippen LogP contribution >= 0.6 is 36.6 Å². The molecule has 1 aromatic rings. The Morgan fingerprint density at radius 1 is 1.50 bits per heavy atom. The molecule has 0 radical (unpaired) electrons. The lowest BCUT2D eigenvalue weighted by molar-refractivity contribution is -0.129. The van der Waals surface area contributed by atoms with Crippen molar-refractivity contribution in [2.24, 2.45) is 0 Å². The van der Waals surface area contributed by atoms with E-state index in [4.69, 9.17) is 0 Å². The Bertz CT molecular complexity index is 394. The molecule has 20 heavy (non-hydrogen) atoms. The Hall–Kier alpha value is -0.490. The van der Waals surface area contributed by atoms with Crippen LogP contribution in [-0.2, 0) is 10.5 Å². The highest BCUT2D eigenvalue weighted by molar-refractivity contribution is 7.99. The molecule has 1 unspecified atom stereocenters. The van der Waals surface area contributed by atoms with Gasteiger partial charge in [0.2, 0.25) is 5.91 Å². The van der Waals surface area contributed by atoms with Crippen LogP contribution in [0.2, 0.25) is 0 Å². The molecule has 0 spiro atoms. The van der Waals surface area contributed by atoms with E-state index in [1.807, 2.05) is 23.1 Å². The van der Waals surface area contributed by atoms with E-state index in [0.29, 0.717) is 11.8 Å². The molecule has 1 aliphatic heterocycles. The topological polar surface area (TPSA) is 45.2 Å². The molecule has 7 heteroatoms. The van der Waals surface area contributed by atoms with Crippen molar-refractivity contribution in [1.29, 1.82) is 0 Å². The Morgan fingerprint density at radius 2 is 2.30 bits per heavy atom. The zero-order valence-electron chi connectivity index (χ0n) is 11.4. The molecule has 1 atom stereocenters. The number of carbonyl (C=O) groups is 1. The average Bonchev–Trinajstić information content (AvgIpc) is 2.40. The van der Waals surface area contributed by atoms with Gasteiger partial charge in [-0.15, -0.1) is 36.6 Å². The Labute approximate surface area is 136 Å². The number of piperazine rings is 1. The van der Waals surface area contributed by atoms with Crippen LogP contribution in [0, 0.1) is 0 Å². The predicted octanol–water partition coefficient (Wildman–Crippen LogP) is 1.98. The van der Waals surface area contributed by atoms with Crippen LogP contribution in [0.3, 0.4) is 0 Å². The Morgan fingerprint density at radius 3 is 2.95 bits per heavy atom. The monoisotopic (exact) mass is 337 g/mol. The number of hydrogen-bond acceptors (Lipinski definition) is 4. The van der Waals surface area contributed by atoms with Crippen molar-refractivity contribution < 1.29 is 4.79 Å². The highest BCUT2D eigenvalue weighted by Crippen LogP contribution is 2.11. The molecule has 1 saturated heterocycles. The zero-order chi connectivity index (χ0) is 12.8. The molecular weight excluding hydrogens is 317 g/mol. The fourth-order valence-electron chi connectivity index (χ4n) is 1.98. The quantitative estimate of drug-likeness (QED) is 0.912. The number of nitrogens with zero attached hydrogens (tertiary/aromatic N) is 2. The number of amides is 1. The van der Waals surface area contributed by atoms with Gasteiger partial charge >= 0.3 is 0 Å². The summed E-state index contributed by atoms with van der Waals surface area (Å²) >= 11 is 1.64. The Balaban J connectivity index is 0.00000180. The standard InChI is InChI=1S/C13H19N3OS.2ClH/c1-11-8-16(7-6-14-11)13(17)10-18-9-12-4-2-3-5-15-12;;/h2-5,11,14H,6-10H2,1H3;2*1H. The third-order valence-electron chi connectivity index (χ3n) is 2.92. The van der Waals surface area contributed by atoms with Gasteiger partial charge < -0.3 is 10.2 Å². The van der Waals surface area contributed by atoms with Crippen LogP contribution in [0.5, 0.6) is 0 Å². The second kappa shape index (κ2) is 10.3. The van der Waals surface area contributed by atoms with Crippen LogP contribution in [0.1, 0.15) is 12.6 Å². The van der Waals surface area contributed by atoms with Crippen LogP contribution in [0.4, 0.5) is 0 Å². The summed E-state index contributed by atoms with van der Waals surface area (Å²) in [6.45, 7) is 4.66. The first kappa shape index (κ1) is 19.5. The molecule has 0 bridgehead atoms. The van der Waals surface area contributed by atoms with Gasteiger partial charge in [0.25, 0.3) is 0 Å². The molecule has 0 aliphatic carbocycles. The molecule has 0 aromatic carbocycles. The normalized spacial score (nSPS) is 17.9. The first-order valence-corrected chi connectivity index (χ1v) is 7.40. The minimum Gasteiger partial charge on any atom is -0.339 e. The molecule has 1 N–H and O–H groups in total. The summed E-state index contributed by atoms with van der Waals surface area (Å²) in [4.78, 5) is 18.2. The minimum atomic E-state index is 0. The molecule has 1 amide bonds. The molecule has 1 aliphatic rings. The first-order chi connectivity index (χ1) is 8.75. The smallest absolute Gasteiger partial charge is 0.232 e. The van der Waals surface area contributed by atoms with Crippen molar-refractivity contribution in [3.05, 3.63) is 30.1 Å². The molecule has 2 rings (SSSR count). The van der Waals surface area contributed by atoms with E-state index >= 15 is 0 Å². The second-order valence-corrected chi connectivity index (χ2v) is 5.49. The SMILES string of the molecule is CC1CN(C(=O)CSCc2ccccn2)CCN1.Cl.Cl. The third-order valence-corrected chi connectivity index (χ3v) is 3.87. The predicted molar refractivity (Wildman–Crippen MR) is 88.9 cm³/mol. The van der Waals surface area contributed by atoms with E-state index in [1.54, 1.807) is 18.0 Å². The highest BCUT2D eigenvalue weighted by atomic mass is 35.5. The number of aromatic nitrogens is 1. The van der Waals surface area contributed by atoms with Gasteiger partial charge in [0.15, 0.2) is 0 Å². The lowest BCUT2D eigenvalue weighted by Crippen LogP contribution is -2.51. The summed E-state index contributed by atoms with van der Waals surface area (Å²) in [7, 11) is 0. The van der Waals surface area contributed by atoms with Crippen molar-refractivity contribution in [3.63, 3.8) is 0 Å². The molecule has 0 saturated carbocycles. The summed E-state index contributed by atoms with van der Waals surface area (Å²) < 4.78 is 0. The molecule has 4 nitrogen and oxygen atoms in total.